The normalized spacial score (nSPS) is 10.2. The van der Waals surface area contributed by atoms with E-state index in [1.807, 2.05) is 0 Å². The second-order valence-electron chi connectivity index (χ2n) is 4.46. The fourth-order valence-corrected chi connectivity index (χ4v) is 1.26. The van der Waals surface area contributed by atoms with Gasteiger partial charge in [-0.25, -0.2) is 4.79 Å². The van der Waals surface area contributed by atoms with Crippen LogP contribution in [0.3, 0.4) is 0 Å². The third-order valence-electron chi connectivity index (χ3n) is 2.38. The Bertz CT molecular complexity index is 406. The topological polar surface area (TPSA) is 52.6 Å². The van der Waals surface area contributed by atoms with Gasteiger partial charge >= 0.3 is 6.16 Å². The molecule has 98 valence electrons. The molecule has 0 unspecified atom stereocenters. The van der Waals surface area contributed by atoms with E-state index in [0.29, 0.717) is 23.8 Å². The smallest absolute Gasteiger partial charge is 0.434 e. The van der Waals surface area contributed by atoms with Crippen molar-refractivity contribution in [2.45, 2.75) is 27.2 Å². The minimum atomic E-state index is -0.716. The molecule has 18 heavy (non-hydrogen) atoms. The van der Waals surface area contributed by atoms with Gasteiger partial charge in [-0.1, -0.05) is 13.8 Å². The number of carbonyl (C=O) groups is 2. The zero-order chi connectivity index (χ0) is 13.5. The van der Waals surface area contributed by atoms with Crippen LogP contribution in [-0.2, 0) is 4.74 Å². The molecule has 0 heterocycles. The zero-order valence-electron chi connectivity index (χ0n) is 10.9. The van der Waals surface area contributed by atoms with Gasteiger partial charge in [-0.3, -0.25) is 4.79 Å². The Labute approximate surface area is 107 Å². The molecule has 4 nitrogen and oxygen atoms in total. The number of ketones is 1. The third-order valence-corrected chi connectivity index (χ3v) is 2.38. The molecule has 0 amide bonds. The number of Topliss-reactive ketones (excluding diaryl/α,β-unsaturated/α-hetero) is 1. The standard InChI is InChI=1S/C14H18O4/c1-10(2)8-9-17-14(16)18-13-6-4-12(5-7-13)11(3)15/h4-7,10H,8-9H2,1-3H3. The predicted octanol–water partition coefficient (Wildman–Crippen LogP) is 3.45. The van der Waals surface area contributed by atoms with Crippen LogP contribution in [0.5, 0.6) is 5.75 Å². The molecular formula is C14H18O4. The molecule has 0 atom stereocenters. The van der Waals surface area contributed by atoms with Crippen LogP contribution < -0.4 is 4.74 Å². The molecule has 0 saturated heterocycles. The summed E-state index contributed by atoms with van der Waals surface area (Å²) in [5.41, 5.74) is 0.579. The van der Waals surface area contributed by atoms with Crippen LogP contribution in [0, 0.1) is 5.92 Å². The first-order valence-corrected chi connectivity index (χ1v) is 5.94. The molecule has 0 radical (unpaired) electrons. The highest BCUT2D eigenvalue weighted by Gasteiger charge is 2.07. The Morgan fingerprint density at radius 3 is 2.28 bits per heavy atom. The fraction of sp³-hybridized carbons (Fsp3) is 0.429. The van der Waals surface area contributed by atoms with E-state index < -0.39 is 6.16 Å². The number of carbonyl (C=O) groups excluding carboxylic acids is 2. The van der Waals surface area contributed by atoms with E-state index in [4.69, 9.17) is 9.47 Å². The molecule has 0 aromatic heterocycles. The Morgan fingerprint density at radius 2 is 1.78 bits per heavy atom. The van der Waals surface area contributed by atoms with Gasteiger partial charge in [-0.2, -0.15) is 0 Å². The van der Waals surface area contributed by atoms with Crippen molar-refractivity contribution in [3.05, 3.63) is 29.8 Å². The lowest BCUT2D eigenvalue weighted by Gasteiger charge is -2.07. The fourth-order valence-electron chi connectivity index (χ4n) is 1.26. The average Bonchev–Trinajstić information content (AvgIpc) is 2.29. The van der Waals surface area contributed by atoms with E-state index in [2.05, 4.69) is 13.8 Å². The van der Waals surface area contributed by atoms with Gasteiger partial charge in [0.05, 0.1) is 6.61 Å². The van der Waals surface area contributed by atoms with Crippen LogP contribution in [0.15, 0.2) is 24.3 Å². The maximum Gasteiger partial charge on any atom is 0.513 e. The summed E-state index contributed by atoms with van der Waals surface area (Å²) in [5.74, 6) is 0.822. The van der Waals surface area contributed by atoms with Crippen molar-refractivity contribution in [3.63, 3.8) is 0 Å². The molecule has 0 bridgehead atoms. The second-order valence-corrected chi connectivity index (χ2v) is 4.46. The molecule has 1 aromatic rings. The summed E-state index contributed by atoms with van der Waals surface area (Å²) in [5, 5.41) is 0. The van der Waals surface area contributed by atoms with Crippen LogP contribution >= 0.6 is 0 Å². The van der Waals surface area contributed by atoms with Gasteiger partial charge in [0.25, 0.3) is 0 Å². The summed E-state index contributed by atoms with van der Waals surface area (Å²) in [6.45, 7) is 5.93. The minimum Gasteiger partial charge on any atom is -0.434 e. The summed E-state index contributed by atoms with van der Waals surface area (Å²) >= 11 is 0. The van der Waals surface area contributed by atoms with E-state index in [9.17, 15) is 9.59 Å². The Kier molecular flexibility index (Phi) is 5.36. The van der Waals surface area contributed by atoms with Crippen LogP contribution in [0.1, 0.15) is 37.6 Å². The van der Waals surface area contributed by atoms with Gasteiger partial charge in [-0.05, 0) is 43.5 Å². The average molecular weight is 250 g/mol. The number of hydrogen-bond acceptors (Lipinski definition) is 4. The second kappa shape index (κ2) is 6.79. The van der Waals surface area contributed by atoms with Gasteiger partial charge in [0.2, 0.25) is 0 Å². The molecule has 0 N–H and O–H groups in total. The minimum absolute atomic E-state index is 0.0268. The molecular weight excluding hydrogens is 232 g/mol. The summed E-state index contributed by atoms with van der Waals surface area (Å²) in [7, 11) is 0. The Balaban J connectivity index is 2.42. The summed E-state index contributed by atoms with van der Waals surface area (Å²) in [6, 6.07) is 6.36. The van der Waals surface area contributed by atoms with Gasteiger partial charge in [0.1, 0.15) is 5.75 Å². The van der Waals surface area contributed by atoms with Crippen LogP contribution in [0.2, 0.25) is 0 Å². The first-order valence-electron chi connectivity index (χ1n) is 5.94. The van der Waals surface area contributed by atoms with Gasteiger partial charge in [0.15, 0.2) is 5.78 Å². The highest BCUT2D eigenvalue weighted by Crippen LogP contribution is 2.13. The van der Waals surface area contributed by atoms with Crippen molar-refractivity contribution in [2.75, 3.05) is 6.61 Å². The lowest BCUT2D eigenvalue weighted by atomic mass is 10.1. The van der Waals surface area contributed by atoms with E-state index in [0.717, 1.165) is 6.42 Å². The summed E-state index contributed by atoms with van der Waals surface area (Å²) in [4.78, 5) is 22.4. The van der Waals surface area contributed by atoms with Gasteiger partial charge in [-0.15, -0.1) is 0 Å². The van der Waals surface area contributed by atoms with E-state index >= 15 is 0 Å². The van der Waals surface area contributed by atoms with E-state index in [1.54, 1.807) is 24.3 Å². The maximum absolute atomic E-state index is 11.3. The maximum atomic E-state index is 11.3. The molecule has 0 fully saturated rings. The largest absolute Gasteiger partial charge is 0.513 e. The Hall–Kier alpha value is -1.84. The number of rotatable bonds is 5. The first-order chi connectivity index (χ1) is 8.49. The van der Waals surface area contributed by atoms with Crippen molar-refractivity contribution in [1.82, 2.24) is 0 Å². The van der Waals surface area contributed by atoms with Crippen LogP contribution in [0.25, 0.3) is 0 Å². The van der Waals surface area contributed by atoms with Crippen LogP contribution in [0.4, 0.5) is 4.79 Å². The van der Waals surface area contributed by atoms with E-state index in [1.165, 1.54) is 6.92 Å². The SMILES string of the molecule is CC(=O)c1ccc(OC(=O)OCCC(C)C)cc1. The molecule has 1 rings (SSSR count). The van der Waals surface area contributed by atoms with Crippen molar-refractivity contribution < 1.29 is 19.1 Å². The molecule has 0 aliphatic rings. The van der Waals surface area contributed by atoms with Crippen molar-refractivity contribution in [2.24, 2.45) is 5.92 Å². The molecule has 0 spiro atoms. The highest BCUT2D eigenvalue weighted by molar-refractivity contribution is 5.94. The monoisotopic (exact) mass is 250 g/mol. The summed E-state index contributed by atoms with van der Waals surface area (Å²) in [6.07, 6.45) is 0.0875. The van der Waals surface area contributed by atoms with Crippen molar-refractivity contribution in [3.8, 4) is 5.75 Å². The third kappa shape index (κ3) is 4.99. The number of benzene rings is 1. The predicted molar refractivity (Wildman–Crippen MR) is 67.9 cm³/mol. The molecule has 0 aliphatic heterocycles. The van der Waals surface area contributed by atoms with Crippen molar-refractivity contribution >= 4 is 11.9 Å². The quantitative estimate of drug-likeness (QED) is 0.456. The van der Waals surface area contributed by atoms with Crippen molar-refractivity contribution in [1.29, 1.82) is 0 Å². The lowest BCUT2D eigenvalue weighted by Crippen LogP contribution is -2.12. The number of hydrogen-bond donors (Lipinski definition) is 0. The van der Waals surface area contributed by atoms with E-state index in [-0.39, 0.29) is 5.78 Å². The van der Waals surface area contributed by atoms with Crippen LogP contribution in [-0.4, -0.2) is 18.5 Å². The zero-order valence-corrected chi connectivity index (χ0v) is 10.9. The lowest BCUT2D eigenvalue weighted by molar-refractivity contribution is 0.0948. The summed E-state index contributed by atoms with van der Waals surface area (Å²) < 4.78 is 9.86. The van der Waals surface area contributed by atoms with Gasteiger partial charge < -0.3 is 9.47 Å². The molecule has 0 aliphatic carbocycles. The molecule has 1 aromatic carbocycles. The Morgan fingerprint density at radius 1 is 1.17 bits per heavy atom. The highest BCUT2D eigenvalue weighted by atomic mass is 16.7. The number of ether oxygens (including phenoxy) is 2. The first kappa shape index (κ1) is 14.2. The molecule has 4 heteroatoms. The van der Waals surface area contributed by atoms with Gasteiger partial charge in [0, 0.05) is 5.56 Å². The molecule has 0 saturated carbocycles.